The van der Waals surface area contributed by atoms with Crippen molar-refractivity contribution in [2.75, 3.05) is 11.9 Å². The molecule has 1 aromatic rings. The van der Waals surface area contributed by atoms with Crippen LogP contribution in [0, 0.1) is 5.92 Å². The zero-order valence-electron chi connectivity index (χ0n) is 8.84. The molecule has 0 radical (unpaired) electrons. The molecule has 1 aromatic heterocycles. The van der Waals surface area contributed by atoms with Crippen LogP contribution in [0.3, 0.4) is 0 Å². The molecule has 0 aliphatic carbocycles. The van der Waals surface area contributed by atoms with Gasteiger partial charge in [-0.15, -0.1) is 0 Å². The summed E-state index contributed by atoms with van der Waals surface area (Å²) in [5.41, 5.74) is 0.896. The number of rotatable bonds is 2. The number of amidine groups is 1. The molecule has 1 aliphatic heterocycles. The van der Waals surface area contributed by atoms with E-state index in [1.165, 1.54) is 6.33 Å². The largest absolute Gasteiger partial charge is 0.332 e. The molecule has 1 unspecified atom stereocenters. The van der Waals surface area contributed by atoms with Gasteiger partial charge < -0.3 is 5.32 Å². The Morgan fingerprint density at radius 3 is 2.73 bits per heavy atom. The van der Waals surface area contributed by atoms with Gasteiger partial charge in [0.25, 0.3) is 0 Å². The van der Waals surface area contributed by atoms with E-state index in [4.69, 9.17) is 0 Å². The molecule has 2 heterocycles. The molecule has 0 aromatic carbocycles. The van der Waals surface area contributed by atoms with Gasteiger partial charge in [0.2, 0.25) is 0 Å². The predicted octanol–water partition coefficient (Wildman–Crippen LogP) is 2.02. The van der Waals surface area contributed by atoms with E-state index in [1.54, 1.807) is 24.2 Å². The maximum Gasteiger partial charge on any atom is 0.161 e. The lowest BCUT2D eigenvalue weighted by atomic mass is 10.1. The third kappa shape index (κ3) is 2.68. The molecular formula is C10H14N4S. The fraction of sp³-hybridized carbons (Fsp3) is 0.500. The zero-order valence-corrected chi connectivity index (χ0v) is 9.66. The third-order valence-electron chi connectivity index (χ3n) is 2.23. The summed E-state index contributed by atoms with van der Waals surface area (Å²) in [6.07, 6.45) is 5.02. The van der Waals surface area contributed by atoms with Crippen molar-refractivity contribution in [2.24, 2.45) is 10.9 Å². The molecule has 0 fully saturated rings. The molecule has 1 N–H and O–H groups in total. The van der Waals surface area contributed by atoms with E-state index >= 15 is 0 Å². The van der Waals surface area contributed by atoms with Crippen LogP contribution in [0.1, 0.15) is 13.8 Å². The van der Waals surface area contributed by atoms with Crippen molar-refractivity contribution >= 4 is 22.6 Å². The zero-order chi connectivity index (χ0) is 10.7. The third-order valence-corrected chi connectivity index (χ3v) is 3.68. The molecule has 0 saturated carbocycles. The van der Waals surface area contributed by atoms with Gasteiger partial charge in [0.05, 0.1) is 24.6 Å². The Balaban J connectivity index is 1.93. The second kappa shape index (κ2) is 4.61. The number of aromatic nitrogens is 2. The predicted molar refractivity (Wildman–Crippen MR) is 64.2 cm³/mol. The second-order valence-electron chi connectivity index (χ2n) is 3.80. The van der Waals surface area contributed by atoms with Crippen LogP contribution in [0.25, 0.3) is 0 Å². The van der Waals surface area contributed by atoms with E-state index in [0.29, 0.717) is 11.2 Å². The molecular weight excluding hydrogens is 208 g/mol. The minimum Gasteiger partial charge on any atom is -0.332 e. The number of thioether (sulfide) groups is 1. The van der Waals surface area contributed by atoms with Gasteiger partial charge in [0.15, 0.2) is 5.17 Å². The number of nitrogens with zero attached hydrogens (tertiary/aromatic N) is 3. The van der Waals surface area contributed by atoms with Gasteiger partial charge in [-0.1, -0.05) is 25.6 Å². The van der Waals surface area contributed by atoms with Gasteiger partial charge in [0.1, 0.15) is 6.33 Å². The lowest BCUT2D eigenvalue weighted by Gasteiger charge is -2.11. The highest BCUT2D eigenvalue weighted by atomic mass is 32.2. The molecule has 0 amide bonds. The van der Waals surface area contributed by atoms with Gasteiger partial charge >= 0.3 is 0 Å². The first-order valence-corrected chi connectivity index (χ1v) is 5.87. The molecule has 15 heavy (non-hydrogen) atoms. The Morgan fingerprint density at radius 2 is 2.13 bits per heavy atom. The van der Waals surface area contributed by atoms with Crippen LogP contribution in [0.4, 0.5) is 5.69 Å². The van der Waals surface area contributed by atoms with E-state index in [1.807, 2.05) is 0 Å². The summed E-state index contributed by atoms with van der Waals surface area (Å²) in [5.74, 6) is 0.657. The fourth-order valence-electron chi connectivity index (χ4n) is 1.29. The van der Waals surface area contributed by atoms with Crippen LogP contribution in [-0.2, 0) is 0 Å². The number of aliphatic imine (C=N–C) groups is 1. The Labute approximate surface area is 93.6 Å². The van der Waals surface area contributed by atoms with E-state index in [0.717, 1.165) is 17.4 Å². The van der Waals surface area contributed by atoms with Crippen LogP contribution in [-0.4, -0.2) is 26.9 Å². The minimum atomic E-state index is 0.595. The van der Waals surface area contributed by atoms with Gasteiger partial charge in [-0.05, 0) is 5.92 Å². The van der Waals surface area contributed by atoms with E-state index in [9.17, 15) is 0 Å². The smallest absolute Gasteiger partial charge is 0.161 e. The molecule has 80 valence electrons. The van der Waals surface area contributed by atoms with Crippen molar-refractivity contribution in [3.8, 4) is 0 Å². The molecule has 4 nitrogen and oxygen atoms in total. The molecule has 1 atom stereocenters. The molecule has 1 aliphatic rings. The fourth-order valence-corrected chi connectivity index (χ4v) is 2.33. The summed E-state index contributed by atoms with van der Waals surface area (Å²) in [6.45, 7) is 5.35. The number of hydrogen-bond donors (Lipinski definition) is 1. The van der Waals surface area contributed by atoms with E-state index < -0.39 is 0 Å². The maximum absolute atomic E-state index is 4.45. The van der Waals surface area contributed by atoms with E-state index in [2.05, 4.69) is 34.1 Å². The topological polar surface area (TPSA) is 50.2 Å². The Hall–Kier alpha value is -1.10. The quantitative estimate of drug-likeness (QED) is 0.831. The summed E-state index contributed by atoms with van der Waals surface area (Å²) < 4.78 is 0. The maximum atomic E-state index is 4.45. The molecule has 0 saturated heterocycles. The highest BCUT2D eigenvalue weighted by Gasteiger charge is 2.22. The summed E-state index contributed by atoms with van der Waals surface area (Å²) in [7, 11) is 0. The van der Waals surface area contributed by atoms with Crippen molar-refractivity contribution in [2.45, 2.75) is 19.1 Å². The normalized spacial score (nSPS) is 20.5. The van der Waals surface area contributed by atoms with E-state index in [-0.39, 0.29) is 0 Å². The van der Waals surface area contributed by atoms with Crippen molar-refractivity contribution in [1.82, 2.24) is 9.97 Å². The second-order valence-corrected chi connectivity index (χ2v) is 5.03. The van der Waals surface area contributed by atoms with Crippen LogP contribution >= 0.6 is 11.8 Å². The molecule has 5 heteroatoms. The van der Waals surface area contributed by atoms with Crippen molar-refractivity contribution in [1.29, 1.82) is 0 Å². The van der Waals surface area contributed by atoms with Crippen LogP contribution in [0.2, 0.25) is 0 Å². The van der Waals surface area contributed by atoms with Gasteiger partial charge in [-0.2, -0.15) is 0 Å². The first-order valence-electron chi connectivity index (χ1n) is 4.99. The van der Waals surface area contributed by atoms with Crippen molar-refractivity contribution in [3.05, 3.63) is 18.7 Å². The number of nitrogens with one attached hydrogen (secondary N) is 1. The van der Waals surface area contributed by atoms with Gasteiger partial charge in [0, 0.05) is 5.25 Å². The highest BCUT2D eigenvalue weighted by Crippen LogP contribution is 2.27. The average molecular weight is 222 g/mol. The summed E-state index contributed by atoms with van der Waals surface area (Å²) >= 11 is 1.80. The lowest BCUT2D eigenvalue weighted by Crippen LogP contribution is -2.13. The minimum absolute atomic E-state index is 0.595. The summed E-state index contributed by atoms with van der Waals surface area (Å²) in [4.78, 5) is 12.3. The molecule has 0 spiro atoms. The van der Waals surface area contributed by atoms with Crippen LogP contribution in [0.15, 0.2) is 23.7 Å². The van der Waals surface area contributed by atoms with Crippen LogP contribution < -0.4 is 5.32 Å². The Morgan fingerprint density at radius 1 is 1.40 bits per heavy atom. The van der Waals surface area contributed by atoms with Crippen LogP contribution in [0.5, 0.6) is 0 Å². The SMILES string of the molecule is CC(C)C1CN=C(Nc2cncnc2)S1. The van der Waals surface area contributed by atoms with Crippen molar-refractivity contribution < 1.29 is 0 Å². The number of hydrogen-bond acceptors (Lipinski definition) is 5. The van der Waals surface area contributed by atoms with Crippen molar-refractivity contribution in [3.63, 3.8) is 0 Å². The Bertz CT molecular complexity index is 350. The standard InChI is InChI=1S/C10H14N4S/c1-7(2)9-5-13-10(15-9)14-8-3-11-6-12-4-8/h3-4,6-7,9H,5H2,1-2H3,(H,13,14). The molecule has 2 rings (SSSR count). The highest BCUT2D eigenvalue weighted by molar-refractivity contribution is 8.15. The van der Waals surface area contributed by atoms with Gasteiger partial charge in [-0.25, -0.2) is 9.97 Å². The summed E-state index contributed by atoms with van der Waals surface area (Å²) in [6, 6.07) is 0. The summed E-state index contributed by atoms with van der Waals surface area (Å²) in [5, 5.41) is 4.78. The number of anilines is 1. The first kappa shape index (κ1) is 10.4. The van der Waals surface area contributed by atoms with Gasteiger partial charge in [-0.3, -0.25) is 4.99 Å². The lowest BCUT2D eigenvalue weighted by molar-refractivity contribution is 0.621. The average Bonchev–Trinajstić information content (AvgIpc) is 2.68. The Kier molecular flexibility index (Phi) is 3.20. The molecule has 0 bridgehead atoms. The monoisotopic (exact) mass is 222 g/mol. The first-order chi connectivity index (χ1) is 7.25.